The fourth-order valence-electron chi connectivity index (χ4n) is 0.642. The summed E-state index contributed by atoms with van der Waals surface area (Å²) in [5.74, 6) is 0.000571. The minimum absolute atomic E-state index is 0. The first-order chi connectivity index (χ1) is 5.22. The second-order valence-electron chi connectivity index (χ2n) is 2.01. The molecule has 0 saturated carbocycles. The van der Waals surface area contributed by atoms with Crippen molar-refractivity contribution in [1.29, 1.82) is 0 Å². The lowest BCUT2D eigenvalue weighted by atomic mass is 10.2. The van der Waals surface area contributed by atoms with Crippen LogP contribution in [0.2, 0.25) is 0 Å². The fraction of sp³-hybridized carbons (Fsp3) is 0.833. The summed E-state index contributed by atoms with van der Waals surface area (Å²) in [5, 5.41) is 11.3. The Balaban J connectivity index is 0. The Labute approximate surface area is 88.7 Å². The Morgan fingerprint density at radius 3 is 2.67 bits per heavy atom. The number of hydrogen-bond acceptors (Lipinski definition) is 3. The molecule has 0 bridgehead atoms. The first-order valence-electron chi connectivity index (χ1n) is 3.23. The Kier molecular flexibility index (Phi) is 11.8. The molecule has 2 N–H and O–H groups in total. The van der Waals surface area contributed by atoms with Gasteiger partial charge in [-0.15, -0.1) is 11.6 Å². The van der Waals surface area contributed by atoms with Gasteiger partial charge in [0, 0.05) is 0 Å². The number of thioether (sulfide) groups is 1. The average Bonchev–Trinajstić information content (AvgIpc) is 1.97. The predicted molar refractivity (Wildman–Crippen MR) is 58.7 cm³/mol. The van der Waals surface area contributed by atoms with Gasteiger partial charge in [0.05, 0.1) is 6.00 Å². The topological polar surface area (TPSA) is 49.3 Å². The maximum Gasteiger partial charge on any atom is 0.320 e. The lowest BCUT2D eigenvalue weighted by molar-refractivity contribution is -0.139. The van der Waals surface area contributed by atoms with Crippen LogP contribution in [-0.2, 0) is 4.79 Å². The van der Waals surface area contributed by atoms with E-state index in [0.29, 0.717) is 6.42 Å². The largest absolute Gasteiger partial charge is 0.480 e. The van der Waals surface area contributed by atoms with Gasteiger partial charge in [0.2, 0.25) is 0 Å². The van der Waals surface area contributed by atoms with Gasteiger partial charge in [0.1, 0.15) is 6.04 Å². The van der Waals surface area contributed by atoms with Crippen LogP contribution in [0, 0.1) is 0 Å². The van der Waals surface area contributed by atoms with Gasteiger partial charge in [0.25, 0.3) is 0 Å². The molecule has 0 aliphatic carbocycles. The number of rotatable bonds is 6. The number of hydrogen-bond donors (Lipinski definition) is 2. The van der Waals surface area contributed by atoms with Crippen molar-refractivity contribution in [3.8, 4) is 0 Å². The van der Waals surface area contributed by atoms with Gasteiger partial charge >= 0.3 is 5.97 Å². The maximum absolute atomic E-state index is 10.5. The Bertz CT molecular complexity index is 126. The fourth-order valence-corrected chi connectivity index (χ4v) is 1.30. The highest BCUT2D eigenvalue weighted by Gasteiger charge is 2.14. The molecular weight excluding hydrogens is 218 g/mol. The molecule has 1 atom stereocenters. The molecule has 0 amide bonds. The number of alkyl halides is 1. The highest BCUT2D eigenvalue weighted by atomic mass is 35.5. The predicted octanol–water partition coefficient (Wildman–Crippen LogP) is 1.09. The first kappa shape index (κ1) is 14.9. The summed E-state index contributed by atoms with van der Waals surface area (Å²) in [7, 11) is 0. The molecule has 0 aromatic heterocycles. The van der Waals surface area contributed by atoms with Crippen LogP contribution < -0.4 is 5.32 Å². The molecule has 1 unspecified atom stereocenters. The van der Waals surface area contributed by atoms with Crippen molar-refractivity contribution in [2.75, 3.05) is 18.0 Å². The van der Waals surface area contributed by atoms with E-state index in [4.69, 9.17) is 16.7 Å². The van der Waals surface area contributed by atoms with Crippen LogP contribution in [0.4, 0.5) is 0 Å². The lowest BCUT2D eigenvalue weighted by Crippen LogP contribution is -2.36. The molecule has 0 radical (unpaired) electrons. The van der Waals surface area contributed by atoms with E-state index in [1.807, 2.05) is 6.26 Å². The molecule has 0 fully saturated rings. The third kappa shape index (κ3) is 7.09. The minimum Gasteiger partial charge on any atom is -0.480 e. The van der Waals surface area contributed by atoms with Crippen molar-refractivity contribution in [2.45, 2.75) is 12.5 Å². The smallest absolute Gasteiger partial charge is 0.320 e. The number of nitrogens with one attached hydrogen (secondary N) is 1. The van der Waals surface area contributed by atoms with Gasteiger partial charge in [-0.2, -0.15) is 25.3 Å². The van der Waals surface area contributed by atoms with E-state index in [0.717, 1.165) is 5.75 Å². The van der Waals surface area contributed by atoms with Crippen LogP contribution in [0.1, 0.15) is 6.42 Å². The molecule has 12 heavy (non-hydrogen) atoms. The Hall–Kier alpha value is 0.420. The van der Waals surface area contributed by atoms with E-state index in [-0.39, 0.29) is 19.5 Å². The van der Waals surface area contributed by atoms with Crippen molar-refractivity contribution < 1.29 is 9.90 Å². The summed E-state index contributed by atoms with van der Waals surface area (Å²) in [5.41, 5.74) is 0. The van der Waals surface area contributed by atoms with Crippen LogP contribution in [0.25, 0.3) is 0 Å². The minimum atomic E-state index is -0.834. The highest BCUT2D eigenvalue weighted by Crippen LogP contribution is 2.00. The zero-order chi connectivity index (χ0) is 8.69. The highest BCUT2D eigenvalue weighted by molar-refractivity contribution is 7.98. The molecule has 0 saturated heterocycles. The van der Waals surface area contributed by atoms with Crippen LogP contribution in [0.5, 0.6) is 0 Å². The van der Waals surface area contributed by atoms with Crippen molar-refractivity contribution in [2.24, 2.45) is 0 Å². The number of aliphatic carboxylic acids is 1. The van der Waals surface area contributed by atoms with Crippen molar-refractivity contribution in [1.82, 2.24) is 5.32 Å². The molecule has 0 aromatic rings. The summed E-state index contributed by atoms with van der Waals surface area (Å²) in [4.78, 5) is 10.5. The van der Waals surface area contributed by atoms with Gasteiger partial charge in [-0.05, 0) is 18.4 Å². The van der Waals surface area contributed by atoms with Crippen LogP contribution in [-0.4, -0.2) is 35.1 Å². The standard InChI is InChI=1S/C6H12ClNO2S.H2S/c1-11-3-2-5(6(9)10)8-4-7;/h5,8H,2-4H2,1H3,(H,9,10);1H2. The molecule has 0 aliphatic heterocycles. The quantitative estimate of drug-likeness (QED) is 0.531. The zero-order valence-corrected chi connectivity index (χ0v) is 9.41. The third-order valence-corrected chi connectivity index (χ3v) is 2.03. The SMILES string of the molecule is CSCCC(NCCl)C(=O)O.S. The van der Waals surface area contributed by atoms with Crippen LogP contribution in [0.15, 0.2) is 0 Å². The van der Waals surface area contributed by atoms with Crippen LogP contribution >= 0.6 is 36.9 Å². The molecule has 0 spiro atoms. The van der Waals surface area contributed by atoms with Gasteiger partial charge in [-0.3, -0.25) is 10.1 Å². The van der Waals surface area contributed by atoms with Gasteiger partial charge in [-0.1, -0.05) is 0 Å². The van der Waals surface area contributed by atoms with Gasteiger partial charge < -0.3 is 5.11 Å². The van der Waals surface area contributed by atoms with Crippen LogP contribution in [0.3, 0.4) is 0 Å². The summed E-state index contributed by atoms with van der Waals surface area (Å²) < 4.78 is 0. The summed E-state index contributed by atoms with van der Waals surface area (Å²) in [6.07, 6.45) is 2.56. The van der Waals surface area contributed by atoms with E-state index < -0.39 is 12.0 Å². The van der Waals surface area contributed by atoms with Gasteiger partial charge in [-0.25, -0.2) is 0 Å². The molecule has 0 heterocycles. The van der Waals surface area contributed by atoms with E-state index in [9.17, 15) is 4.79 Å². The van der Waals surface area contributed by atoms with Gasteiger partial charge in [0.15, 0.2) is 0 Å². The number of carboxylic acid groups (broad SMARTS) is 1. The molecule has 0 aromatic carbocycles. The van der Waals surface area contributed by atoms with E-state index >= 15 is 0 Å². The maximum atomic E-state index is 10.5. The second-order valence-corrected chi connectivity index (χ2v) is 3.26. The van der Waals surface area contributed by atoms with Crippen molar-refractivity contribution in [3.63, 3.8) is 0 Å². The lowest BCUT2D eigenvalue weighted by Gasteiger charge is -2.10. The van der Waals surface area contributed by atoms with E-state index in [2.05, 4.69) is 5.32 Å². The summed E-state index contributed by atoms with van der Waals surface area (Å²) >= 11 is 6.96. The molecule has 0 rings (SSSR count). The first-order valence-corrected chi connectivity index (χ1v) is 5.16. The third-order valence-electron chi connectivity index (χ3n) is 1.23. The number of halogens is 1. The molecule has 3 nitrogen and oxygen atoms in total. The number of carboxylic acids is 1. The zero-order valence-electron chi connectivity index (χ0n) is 6.84. The normalized spacial score (nSPS) is 11.8. The molecule has 0 aliphatic rings. The molecule has 74 valence electrons. The monoisotopic (exact) mass is 231 g/mol. The second kappa shape index (κ2) is 9.51. The van der Waals surface area contributed by atoms with E-state index in [1.165, 1.54) is 0 Å². The van der Waals surface area contributed by atoms with Crippen molar-refractivity contribution in [3.05, 3.63) is 0 Å². The summed E-state index contributed by atoms with van der Waals surface area (Å²) in [6.45, 7) is 0. The number of carbonyl (C=O) groups is 1. The average molecular weight is 232 g/mol. The molecular formula is C6H14ClNO2S2. The Morgan fingerprint density at radius 2 is 2.33 bits per heavy atom. The Morgan fingerprint density at radius 1 is 1.75 bits per heavy atom. The molecule has 6 heteroatoms. The van der Waals surface area contributed by atoms with Crippen molar-refractivity contribution >= 4 is 42.8 Å². The van der Waals surface area contributed by atoms with E-state index in [1.54, 1.807) is 11.8 Å². The summed E-state index contributed by atoms with van der Waals surface area (Å²) in [6, 6.07) is -0.314.